The van der Waals surface area contributed by atoms with Crippen molar-refractivity contribution in [2.75, 3.05) is 20.8 Å². The third-order valence-corrected chi connectivity index (χ3v) is 3.28. The van der Waals surface area contributed by atoms with Gasteiger partial charge in [-0.1, -0.05) is 6.92 Å². The molecule has 1 atom stereocenters. The van der Waals surface area contributed by atoms with Gasteiger partial charge in [-0.05, 0) is 42.8 Å². The zero-order valence-corrected chi connectivity index (χ0v) is 12.2. The normalized spacial score (nSPS) is 12.2. The fraction of sp³-hybridized carbons (Fsp3) is 0.375. The number of likely N-dealkylation sites (N-methyl/N-ethyl adjacent to an activating group) is 1. The Kier molecular flexibility index (Phi) is 5.07. The molecule has 1 unspecified atom stereocenters. The summed E-state index contributed by atoms with van der Waals surface area (Å²) in [7, 11) is 3.36. The molecule has 1 N–H and O–H groups in total. The van der Waals surface area contributed by atoms with E-state index in [1.165, 1.54) is 0 Å². The van der Waals surface area contributed by atoms with Gasteiger partial charge in [0.2, 0.25) is 0 Å². The molecule has 1 heterocycles. The Balaban J connectivity index is 2.31. The fourth-order valence-corrected chi connectivity index (χ4v) is 2.29. The molecule has 0 fully saturated rings. The summed E-state index contributed by atoms with van der Waals surface area (Å²) < 4.78 is 15.9. The van der Waals surface area contributed by atoms with Crippen molar-refractivity contribution in [3.63, 3.8) is 0 Å². The van der Waals surface area contributed by atoms with Crippen LogP contribution in [0.5, 0.6) is 11.5 Å². The van der Waals surface area contributed by atoms with Crippen LogP contribution in [0.2, 0.25) is 0 Å². The smallest absolute Gasteiger partial charge is 0.123 e. The number of ether oxygens (including phenoxy) is 2. The molecule has 1 aromatic carbocycles. The molecule has 0 aliphatic rings. The maximum Gasteiger partial charge on any atom is 0.123 e. The Hall–Kier alpha value is -1.94. The van der Waals surface area contributed by atoms with E-state index < -0.39 is 0 Å². The molecule has 0 saturated carbocycles. The van der Waals surface area contributed by atoms with Gasteiger partial charge < -0.3 is 19.2 Å². The standard InChI is InChI=1S/C16H21NO3/c1-4-17-15(9-12-7-8-20-11-12)14-10-13(18-2)5-6-16(14)19-3/h5-8,10-11,15,17H,4,9H2,1-3H3. The predicted octanol–water partition coefficient (Wildman–Crippen LogP) is 3.19. The average molecular weight is 275 g/mol. The van der Waals surface area contributed by atoms with E-state index in [0.717, 1.165) is 35.6 Å². The summed E-state index contributed by atoms with van der Waals surface area (Å²) in [6.45, 7) is 2.97. The first-order valence-corrected chi connectivity index (χ1v) is 6.74. The fourth-order valence-electron chi connectivity index (χ4n) is 2.29. The highest BCUT2D eigenvalue weighted by molar-refractivity contribution is 5.42. The number of hydrogen-bond donors (Lipinski definition) is 1. The largest absolute Gasteiger partial charge is 0.497 e. The number of rotatable bonds is 7. The van der Waals surface area contributed by atoms with Gasteiger partial charge in [-0.25, -0.2) is 0 Å². The van der Waals surface area contributed by atoms with Crippen LogP contribution in [0.25, 0.3) is 0 Å². The van der Waals surface area contributed by atoms with Crippen molar-refractivity contribution in [2.24, 2.45) is 0 Å². The molecule has 0 aliphatic carbocycles. The molecular formula is C16H21NO3. The van der Waals surface area contributed by atoms with Crippen LogP contribution in [0.4, 0.5) is 0 Å². The molecule has 2 rings (SSSR count). The lowest BCUT2D eigenvalue weighted by atomic mass is 9.99. The van der Waals surface area contributed by atoms with Crippen LogP contribution >= 0.6 is 0 Å². The van der Waals surface area contributed by atoms with Gasteiger partial charge in [0.25, 0.3) is 0 Å². The number of furan rings is 1. The quantitative estimate of drug-likeness (QED) is 0.842. The van der Waals surface area contributed by atoms with Gasteiger partial charge in [-0.15, -0.1) is 0 Å². The molecule has 4 heteroatoms. The summed E-state index contributed by atoms with van der Waals surface area (Å²) in [6, 6.07) is 8.00. The summed E-state index contributed by atoms with van der Waals surface area (Å²) in [5, 5.41) is 3.49. The Morgan fingerprint density at radius 3 is 2.65 bits per heavy atom. The molecule has 1 aromatic heterocycles. The maximum absolute atomic E-state index is 5.47. The van der Waals surface area contributed by atoms with Crippen molar-refractivity contribution in [2.45, 2.75) is 19.4 Å². The van der Waals surface area contributed by atoms with Crippen molar-refractivity contribution in [1.29, 1.82) is 0 Å². The molecular weight excluding hydrogens is 254 g/mol. The Morgan fingerprint density at radius 2 is 2.05 bits per heavy atom. The van der Waals surface area contributed by atoms with Gasteiger partial charge >= 0.3 is 0 Å². The van der Waals surface area contributed by atoms with Crippen molar-refractivity contribution in [3.05, 3.63) is 47.9 Å². The molecule has 20 heavy (non-hydrogen) atoms. The highest BCUT2D eigenvalue weighted by Gasteiger charge is 2.17. The zero-order chi connectivity index (χ0) is 14.4. The minimum atomic E-state index is 0.155. The predicted molar refractivity (Wildman–Crippen MR) is 78.4 cm³/mol. The van der Waals surface area contributed by atoms with Crippen molar-refractivity contribution in [3.8, 4) is 11.5 Å². The second-order valence-corrected chi connectivity index (χ2v) is 4.55. The first kappa shape index (κ1) is 14.5. The number of hydrogen-bond acceptors (Lipinski definition) is 4. The van der Waals surface area contributed by atoms with E-state index in [1.807, 2.05) is 24.3 Å². The van der Waals surface area contributed by atoms with Crippen molar-refractivity contribution in [1.82, 2.24) is 5.32 Å². The third-order valence-electron chi connectivity index (χ3n) is 3.28. The molecule has 108 valence electrons. The monoisotopic (exact) mass is 275 g/mol. The second kappa shape index (κ2) is 7.01. The molecule has 0 radical (unpaired) electrons. The Morgan fingerprint density at radius 1 is 1.20 bits per heavy atom. The zero-order valence-electron chi connectivity index (χ0n) is 12.2. The summed E-state index contributed by atoms with van der Waals surface area (Å²) in [4.78, 5) is 0. The maximum atomic E-state index is 5.47. The Labute approximate surface area is 119 Å². The van der Waals surface area contributed by atoms with E-state index in [1.54, 1.807) is 26.7 Å². The van der Waals surface area contributed by atoms with Gasteiger partial charge in [0.05, 0.1) is 26.7 Å². The number of nitrogens with one attached hydrogen (secondary N) is 1. The van der Waals surface area contributed by atoms with E-state index in [0.29, 0.717) is 0 Å². The van der Waals surface area contributed by atoms with Gasteiger partial charge in [0, 0.05) is 11.6 Å². The minimum absolute atomic E-state index is 0.155. The summed E-state index contributed by atoms with van der Waals surface area (Å²) >= 11 is 0. The van der Waals surface area contributed by atoms with Gasteiger partial charge in [-0.3, -0.25) is 0 Å². The number of methoxy groups -OCH3 is 2. The first-order valence-electron chi connectivity index (χ1n) is 6.74. The second-order valence-electron chi connectivity index (χ2n) is 4.55. The lowest BCUT2D eigenvalue weighted by Gasteiger charge is -2.21. The van der Waals surface area contributed by atoms with Crippen LogP contribution in [0.15, 0.2) is 41.2 Å². The van der Waals surface area contributed by atoms with Gasteiger partial charge in [-0.2, -0.15) is 0 Å². The van der Waals surface area contributed by atoms with Crippen molar-refractivity contribution >= 4 is 0 Å². The molecule has 0 spiro atoms. The van der Waals surface area contributed by atoms with E-state index in [-0.39, 0.29) is 6.04 Å². The highest BCUT2D eigenvalue weighted by atomic mass is 16.5. The summed E-state index contributed by atoms with van der Waals surface area (Å²) in [5.41, 5.74) is 2.25. The molecule has 0 amide bonds. The lowest BCUT2D eigenvalue weighted by Crippen LogP contribution is -2.23. The van der Waals surface area contributed by atoms with Gasteiger partial charge in [0.15, 0.2) is 0 Å². The van der Waals surface area contributed by atoms with Crippen LogP contribution in [-0.4, -0.2) is 20.8 Å². The van der Waals surface area contributed by atoms with E-state index in [9.17, 15) is 0 Å². The SMILES string of the molecule is CCNC(Cc1ccoc1)c1cc(OC)ccc1OC. The third kappa shape index (κ3) is 3.33. The molecule has 4 nitrogen and oxygen atoms in total. The minimum Gasteiger partial charge on any atom is -0.497 e. The first-order chi connectivity index (χ1) is 9.78. The molecule has 0 bridgehead atoms. The Bertz CT molecular complexity index is 523. The van der Waals surface area contributed by atoms with Crippen LogP contribution < -0.4 is 14.8 Å². The van der Waals surface area contributed by atoms with Crippen LogP contribution in [-0.2, 0) is 6.42 Å². The van der Waals surface area contributed by atoms with E-state index in [2.05, 4.69) is 12.2 Å². The topological polar surface area (TPSA) is 43.6 Å². The van der Waals surface area contributed by atoms with E-state index in [4.69, 9.17) is 13.9 Å². The van der Waals surface area contributed by atoms with E-state index >= 15 is 0 Å². The highest BCUT2D eigenvalue weighted by Crippen LogP contribution is 2.31. The molecule has 0 aliphatic heterocycles. The van der Waals surface area contributed by atoms with Crippen LogP contribution in [0, 0.1) is 0 Å². The van der Waals surface area contributed by atoms with Crippen LogP contribution in [0.3, 0.4) is 0 Å². The van der Waals surface area contributed by atoms with Crippen LogP contribution in [0.1, 0.15) is 24.1 Å². The van der Waals surface area contributed by atoms with Crippen molar-refractivity contribution < 1.29 is 13.9 Å². The molecule has 2 aromatic rings. The molecule has 0 saturated heterocycles. The van der Waals surface area contributed by atoms with Gasteiger partial charge in [0.1, 0.15) is 11.5 Å². The average Bonchev–Trinajstić information content (AvgIpc) is 2.99. The lowest BCUT2D eigenvalue weighted by molar-refractivity contribution is 0.389. The summed E-state index contributed by atoms with van der Waals surface area (Å²) in [5.74, 6) is 1.69. The summed E-state index contributed by atoms with van der Waals surface area (Å²) in [6.07, 6.45) is 4.31. The number of benzene rings is 1.